The number of carbonyl (C=O) groups excluding carboxylic acids is 1. The number of ether oxygens (including phenoxy) is 1. The molecule has 3 unspecified atom stereocenters. The van der Waals surface area contributed by atoms with E-state index in [1.807, 2.05) is 6.07 Å². The van der Waals surface area contributed by atoms with Crippen LogP contribution in [0.5, 0.6) is 0 Å². The van der Waals surface area contributed by atoms with Crippen molar-refractivity contribution in [2.75, 3.05) is 5.32 Å². The molecule has 4 nitrogen and oxygen atoms in total. The maximum atomic E-state index is 15.0. The van der Waals surface area contributed by atoms with Crippen molar-refractivity contribution in [3.05, 3.63) is 101 Å². The van der Waals surface area contributed by atoms with Crippen LogP contribution in [0.2, 0.25) is 0 Å². The number of esters is 1. The maximum absolute atomic E-state index is 15.0. The van der Waals surface area contributed by atoms with Gasteiger partial charge in [0, 0.05) is 11.3 Å². The summed E-state index contributed by atoms with van der Waals surface area (Å²) in [4.78, 5) is 12.9. The Morgan fingerprint density at radius 1 is 0.944 bits per heavy atom. The molecule has 0 bridgehead atoms. The molecule has 3 aromatic rings. The lowest BCUT2D eigenvalue weighted by atomic mass is 9.99. The van der Waals surface area contributed by atoms with Crippen LogP contribution in [-0.2, 0) is 15.7 Å². The van der Waals surface area contributed by atoms with Crippen LogP contribution in [-0.4, -0.2) is 12.0 Å². The number of rotatable bonds is 8. The molecule has 0 aromatic heterocycles. The van der Waals surface area contributed by atoms with E-state index in [1.54, 1.807) is 13.8 Å². The van der Waals surface area contributed by atoms with Crippen molar-refractivity contribution in [3.8, 4) is 6.07 Å². The number of nitrogens with zero attached hydrogens (tertiary/aromatic N) is 1. The molecule has 0 radical (unpaired) electrons. The molecule has 188 valence electrons. The summed E-state index contributed by atoms with van der Waals surface area (Å²) in [7, 11) is 0. The molecule has 0 saturated heterocycles. The van der Waals surface area contributed by atoms with E-state index in [4.69, 9.17) is 4.74 Å². The van der Waals surface area contributed by atoms with Gasteiger partial charge in [0.05, 0.1) is 5.56 Å². The van der Waals surface area contributed by atoms with Gasteiger partial charge in [0.15, 0.2) is 6.17 Å². The molecule has 0 aliphatic carbocycles. The van der Waals surface area contributed by atoms with Crippen molar-refractivity contribution in [2.45, 2.75) is 38.3 Å². The minimum absolute atomic E-state index is 0.193. The molecular formula is C27H23F5N2O2. The highest BCUT2D eigenvalue weighted by atomic mass is 19.4. The highest BCUT2D eigenvalue weighted by Crippen LogP contribution is 2.31. The summed E-state index contributed by atoms with van der Waals surface area (Å²) < 4.78 is 72.0. The molecule has 0 amide bonds. The summed E-state index contributed by atoms with van der Waals surface area (Å²) in [5.41, 5.74) is 0.102. The predicted molar refractivity (Wildman–Crippen MR) is 124 cm³/mol. The minimum atomic E-state index is -4.49. The highest BCUT2D eigenvalue weighted by Gasteiger charge is 2.31. The van der Waals surface area contributed by atoms with E-state index in [0.717, 1.165) is 24.3 Å². The number of carbonyl (C=O) groups is 1. The predicted octanol–water partition coefficient (Wildman–Crippen LogP) is 7.15. The van der Waals surface area contributed by atoms with Crippen LogP contribution >= 0.6 is 0 Å². The Morgan fingerprint density at radius 2 is 1.56 bits per heavy atom. The number of halogens is 5. The molecule has 3 aromatic carbocycles. The first-order chi connectivity index (χ1) is 17.0. The van der Waals surface area contributed by atoms with Crippen LogP contribution in [0.15, 0.2) is 72.8 Å². The molecule has 0 aliphatic heterocycles. The van der Waals surface area contributed by atoms with Gasteiger partial charge in [-0.3, -0.25) is 0 Å². The first kappa shape index (κ1) is 26.7. The SMILES string of the molecule is CC(C)C(Nc1ccc(C(F)(F)F)cc1)C(=O)OC(C#N)c1cccc(C(F)c2ccc(F)cc2)c1. The number of nitriles is 1. The van der Waals surface area contributed by atoms with Crippen LogP contribution in [0, 0.1) is 23.1 Å². The first-order valence-corrected chi connectivity index (χ1v) is 11.0. The van der Waals surface area contributed by atoms with E-state index in [0.29, 0.717) is 0 Å². The van der Waals surface area contributed by atoms with Crippen LogP contribution in [0.25, 0.3) is 0 Å². The molecule has 0 saturated carbocycles. The third-order valence-electron chi connectivity index (χ3n) is 5.48. The third-order valence-corrected chi connectivity index (χ3v) is 5.48. The molecule has 3 atom stereocenters. The molecule has 1 N–H and O–H groups in total. The second-order valence-electron chi connectivity index (χ2n) is 8.47. The van der Waals surface area contributed by atoms with Gasteiger partial charge < -0.3 is 10.1 Å². The summed E-state index contributed by atoms with van der Waals surface area (Å²) >= 11 is 0. The standard InChI is InChI=1S/C27H23F5N2O2/c1-16(2)25(34-22-12-8-20(9-13-22)27(30,31)32)26(35)36-23(15-33)18-4-3-5-19(14-18)24(29)17-6-10-21(28)11-7-17/h3-14,16,23-25,34H,1-2H3. The smallest absolute Gasteiger partial charge is 0.416 e. The Bertz CT molecular complexity index is 1220. The zero-order valence-electron chi connectivity index (χ0n) is 19.4. The fourth-order valence-corrected chi connectivity index (χ4v) is 3.50. The van der Waals surface area contributed by atoms with Crippen molar-refractivity contribution in [3.63, 3.8) is 0 Å². The Kier molecular flexibility index (Phi) is 8.30. The Morgan fingerprint density at radius 3 is 2.11 bits per heavy atom. The van der Waals surface area contributed by atoms with Gasteiger partial charge in [-0.15, -0.1) is 0 Å². The van der Waals surface area contributed by atoms with E-state index in [2.05, 4.69) is 5.32 Å². The van der Waals surface area contributed by atoms with Gasteiger partial charge in [-0.2, -0.15) is 18.4 Å². The zero-order valence-corrected chi connectivity index (χ0v) is 19.4. The number of alkyl halides is 4. The van der Waals surface area contributed by atoms with E-state index in [1.165, 1.54) is 48.5 Å². The van der Waals surface area contributed by atoms with Gasteiger partial charge in [0.1, 0.15) is 17.9 Å². The Hall–Kier alpha value is -3.93. The quantitative estimate of drug-likeness (QED) is 0.263. The topological polar surface area (TPSA) is 62.1 Å². The molecule has 0 spiro atoms. The lowest BCUT2D eigenvalue weighted by Gasteiger charge is -2.24. The molecule has 3 rings (SSSR count). The fourth-order valence-electron chi connectivity index (χ4n) is 3.50. The summed E-state index contributed by atoms with van der Waals surface area (Å²) in [5.74, 6) is -1.63. The van der Waals surface area contributed by atoms with Gasteiger partial charge >= 0.3 is 12.1 Å². The summed E-state index contributed by atoms with van der Waals surface area (Å²) in [6, 6.07) is 15.9. The van der Waals surface area contributed by atoms with Gasteiger partial charge in [0.2, 0.25) is 6.10 Å². The maximum Gasteiger partial charge on any atom is 0.416 e. The van der Waals surface area contributed by atoms with Gasteiger partial charge in [0.25, 0.3) is 0 Å². The summed E-state index contributed by atoms with van der Waals surface area (Å²) in [6.45, 7) is 3.42. The molecule has 36 heavy (non-hydrogen) atoms. The summed E-state index contributed by atoms with van der Waals surface area (Å²) in [5, 5.41) is 12.5. The van der Waals surface area contributed by atoms with Crippen molar-refractivity contribution >= 4 is 11.7 Å². The van der Waals surface area contributed by atoms with Gasteiger partial charge in [-0.05, 0) is 59.5 Å². The average molecular weight is 502 g/mol. The number of benzene rings is 3. The zero-order chi connectivity index (χ0) is 26.5. The second-order valence-corrected chi connectivity index (χ2v) is 8.47. The Balaban J connectivity index is 1.76. The van der Waals surface area contributed by atoms with Crippen molar-refractivity contribution in [1.29, 1.82) is 5.26 Å². The lowest BCUT2D eigenvalue weighted by molar-refractivity contribution is -0.149. The largest absolute Gasteiger partial charge is 0.440 e. The van der Waals surface area contributed by atoms with Crippen molar-refractivity contribution < 1.29 is 31.5 Å². The van der Waals surface area contributed by atoms with E-state index >= 15 is 0 Å². The average Bonchev–Trinajstić information content (AvgIpc) is 2.85. The Labute approximate surface area is 205 Å². The third kappa shape index (κ3) is 6.60. The van der Waals surface area contributed by atoms with E-state index in [9.17, 15) is 32.0 Å². The van der Waals surface area contributed by atoms with Crippen molar-refractivity contribution in [1.82, 2.24) is 0 Å². The lowest BCUT2D eigenvalue weighted by Crippen LogP contribution is -2.36. The van der Waals surface area contributed by atoms with Crippen LogP contribution < -0.4 is 5.32 Å². The molecule has 0 heterocycles. The highest BCUT2D eigenvalue weighted by molar-refractivity contribution is 5.80. The minimum Gasteiger partial charge on any atom is -0.440 e. The van der Waals surface area contributed by atoms with Gasteiger partial charge in [-0.25, -0.2) is 13.6 Å². The number of hydrogen-bond acceptors (Lipinski definition) is 4. The second kappa shape index (κ2) is 11.2. The van der Waals surface area contributed by atoms with Crippen molar-refractivity contribution in [2.24, 2.45) is 5.92 Å². The first-order valence-electron chi connectivity index (χ1n) is 11.0. The normalized spacial score (nSPS) is 14.0. The van der Waals surface area contributed by atoms with E-state index in [-0.39, 0.29) is 28.3 Å². The fraction of sp³-hybridized carbons (Fsp3) is 0.259. The van der Waals surface area contributed by atoms with Crippen LogP contribution in [0.4, 0.5) is 27.6 Å². The number of nitrogens with one attached hydrogen (secondary N) is 1. The molecule has 0 fully saturated rings. The molecule has 0 aliphatic rings. The van der Waals surface area contributed by atoms with Crippen LogP contribution in [0.1, 0.15) is 48.4 Å². The number of hydrogen-bond donors (Lipinski definition) is 1. The van der Waals surface area contributed by atoms with Crippen LogP contribution in [0.3, 0.4) is 0 Å². The number of anilines is 1. The summed E-state index contributed by atoms with van der Waals surface area (Å²) in [6.07, 6.45) is -7.43. The van der Waals surface area contributed by atoms with Gasteiger partial charge in [-0.1, -0.05) is 44.2 Å². The molecular weight excluding hydrogens is 479 g/mol. The van der Waals surface area contributed by atoms with E-state index < -0.39 is 41.8 Å². The molecule has 9 heteroatoms. The monoisotopic (exact) mass is 502 g/mol.